The number of imidazole rings is 1. The lowest BCUT2D eigenvalue weighted by atomic mass is 10.2. The van der Waals surface area contributed by atoms with Gasteiger partial charge in [0.15, 0.2) is 17.7 Å². The maximum atomic E-state index is 13.9. The van der Waals surface area contributed by atoms with E-state index in [0.717, 1.165) is 0 Å². The largest absolute Gasteiger partial charge is 0.394 e. The Bertz CT molecular complexity index is 574. The lowest BCUT2D eigenvalue weighted by molar-refractivity contribution is -0.0351. The van der Waals surface area contributed by atoms with Gasteiger partial charge in [-0.25, -0.2) is 19.3 Å². The van der Waals surface area contributed by atoms with Crippen LogP contribution in [-0.4, -0.2) is 43.5 Å². The van der Waals surface area contributed by atoms with Crippen LogP contribution in [0.5, 0.6) is 0 Å². The van der Waals surface area contributed by atoms with E-state index in [1.54, 1.807) is 0 Å². The second kappa shape index (κ2) is 4.14. The van der Waals surface area contributed by atoms with Gasteiger partial charge in [0.2, 0.25) is 0 Å². The number of hydrogen-bond acceptors (Lipinski definition) is 6. The van der Waals surface area contributed by atoms with Crippen molar-refractivity contribution in [3.05, 3.63) is 12.7 Å². The molecule has 7 nitrogen and oxygen atoms in total. The fourth-order valence-electron chi connectivity index (χ4n) is 2.12. The number of hydrogen-bond donors (Lipinski definition) is 2. The molecule has 0 radical (unpaired) electrons. The highest BCUT2D eigenvalue weighted by atomic mass is 19.1. The molecule has 1 unspecified atom stereocenters. The van der Waals surface area contributed by atoms with Crippen LogP contribution in [0.3, 0.4) is 0 Å². The third kappa shape index (κ3) is 1.61. The number of nitrogens with zero attached hydrogens (tertiary/aromatic N) is 4. The molecule has 3 atom stereocenters. The number of nitrogen functional groups attached to an aromatic ring is 1. The summed E-state index contributed by atoms with van der Waals surface area (Å²) in [6.07, 6.45) is 0.328. The van der Waals surface area contributed by atoms with Crippen LogP contribution in [-0.2, 0) is 4.74 Å². The predicted octanol–water partition coefficient (Wildman–Crippen LogP) is 0.0264. The maximum absolute atomic E-state index is 13.9. The Hall–Kier alpha value is -1.80. The number of alkyl halides is 1. The number of ether oxygens (including phenoxy) is 1. The fourth-order valence-corrected chi connectivity index (χ4v) is 2.12. The molecule has 0 aromatic carbocycles. The second-order valence-electron chi connectivity index (χ2n) is 4.17. The van der Waals surface area contributed by atoms with Crippen LogP contribution in [0.4, 0.5) is 10.2 Å². The molecule has 3 rings (SSSR count). The first kappa shape index (κ1) is 11.3. The highest BCUT2D eigenvalue weighted by molar-refractivity contribution is 5.81. The minimum atomic E-state index is -1.21. The van der Waals surface area contributed by atoms with E-state index >= 15 is 0 Å². The molecule has 3 N–H and O–H groups in total. The zero-order valence-electron chi connectivity index (χ0n) is 9.40. The molecule has 1 aliphatic rings. The summed E-state index contributed by atoms with van der Waals surface area (Å²) in [5.74, 6) is 0.242. The molecule has 2 aromatic heterocycles. The quantitative estimate of drug-likeness (QED) is 0.783. The standard InChI is InChI=1S/C10H12FN5O2/c11-6-1-5(2-17)18-10(6)16-4-15-7-8(12)13-3-14-9(7)16/h3-6,10,17H,1-2H2,(H2,12,13,14)/t5-,6-,10?/m1/s1. The smallest absolute Gasteiger partial charge is 0.168 e. The van der Waals surface area contributed by atoms with E-state index in [9.17, 15) is 4.39 Å². The molecule has 1 saturated heterocycles. The number of aromatic nitrogens is 4. The van der Waals surface area contributed by atoms with Crippen LogP contribution >= 0.6 is 0 Å². The molecule has 0 spiro atoms. The summed E-state index contributed by atoms with van der Waals surface area (Å²) in [4.78, 5) is 11.9. The first-order valence-electron chi connectivity index (χ1n) is 5.54. The van der Waals surface area contributed by atoms with Gasteiger partial charge >= 0.3 is 0 Å². The number of fused-ring (bicyclic) bond motifs is 1. The predicted molar refractivity (Wildman–Crippen MR) is 60.2 cm³/mol. The van der Waals surface area contributed by atoms with Crippen molar-refractivity contribution >= 4 is 17.0 Å². The maximum Gasteiger partial charge on any atom is 0.168 e. The van der Waals surface area contributed by atoms with E-state index in [1.807, 2.05) is 0 Å². The molecule has 96 valence electrons. The van der Waals surface area contributed by atoms with Gasteiger partial charge in [0.1, 0.15) is 18.0 Å². The van der Waals surface area contributed by atoms with Crippen molar-refractivity contribution in [1.82, 2.24) is 19.5 Å². The molecule has 0 aliphatic carbocycles. The number of aliphatic hydroxyl groups is 1. The Kier molecular flexibility index (Phi) is 2.60. The van der Waals surface area contributed by atoms with Crippen LogP contribution in [0.1, 0.15) is 12.6 Å². The van der Waals surface area contributed by atoms with E-state index in [4.69, 9.17) is 15.6 Å². The number of rotatable bonds is 2. The number of nitrogens with two attached hydrogens (primary N) is 1. The van der Waals surface area contributed by atoms with Crippen molar-refractivity contribution in [3.63, 3.8) is 0 Å². The van der Waals surface area contributed by atoms with E-state index < -0.39 is 18.5 Å². The van der Waals surface area contributed by atoms with Gasteiger partial charge in [-0.05, 0) is 0 Å². The van der Waals surface area contributed by atoms with Crippen LogP contribution in [0.2, 0.25) is 0 Å². The van der Waals surface area contributed by atoms with Gasteiger partial charge in [-0.1, -0.05) is 0 Å². The summed E-state index contributed by atoms with van der Waals surface area (Å²) >= 11 is 0. The van der Waals surface area contributed by atoms with Gasteiger partial charge in [0.25, 0.3) is 0 Å². The minimum Gasteiger partial charge on any atom is -0.394 e. The minimum absolute atomic E-state index is 0.154. The molecule has 0 bridgehead atoms. The number of anilines is 1. The molecule has 18 heavy (non-hydrogen) atoms. The summed E-state index contributed by atoms with van der Waals surface area (Å²) in [7, 11) is 0. The Balaban J connectivity index is 2.02. The van der Waals surface area contributed by atoms with Crippen LogP contribution in [0, 0.1) is 0 Å². The van der Waals surface area contributed by atoms with E-state index in [2.05, 4.69) is 15.0 Å². The van der Waals surface area contributed by atoms with Crippen molar-refractivity contribution < 1.29 is 14.2 Å². The lowest BCUT2D eigenvalue weighted by Gasteiger charge is -2.15. The Labute approximate surface area is 101 Å². The number of halogens is 1. The molecule has 3 heterocycles. The Morgan fingerprint density at radius 2 is 2.33 bits per heavy atom. The first-order valence-corrected chi connectivity index (χ1v) is 5.54. The zero-order chi connectivity index (χ0) is 12.7. The molecular formula is C10H12FN5O2. The summed E-state index contributed by atoms with van der Waals surface area (Å²) < 4.78 is 20.7. The highest BCUT2D eigenvalue weighted by Crippen LogP contribution is 2.33. The van der Waals surface area contributed by atoms with Gasteiger partial charge < -0.3 is 15.6 Å². The number of aliphatic hydroxyl groups excluding tert-OH is 1. The monoisotopic (exact) mass is 253 g/mol. The summed E-state index contributed by atoms with van der Waals surface area (Å²) in [5, 5.41) is 8.99. The highest BCUT2D eigenvalue weighted by Gasteiger charge is 2.37. The molecule has 1 aliphatic heterocycles. The molecule has 0 saturated carbocycles. The van der Waals surface area contributed by atoms with Gasteiger partial charge in [-0.3, -0.25) is 4.57 Å². The van der Waals surface area contributed by atoms with Crippen molar-refractivity contribution in [3.8, 4) is 0 Å². The fraction of sp³-hybridized carbons (Fsp3) is 0.500. The van der Waals surface area contributed by atoms with Gasteiger partial charge in [-0.2, -0.15) is 0 Å². The van der Waals surface area contributed by atoms with Crippen LogP contribution in [0.25, 0.3) is 11.2 Å². The summed E-state index contributed by atoms with van der Waals surface area (Å²) in [6.45, 7) is -0.208. The first-order chi connectivity index (χ1) is 8.70. The summed E-state index contributed by atoms with van der Waals surface area (Å²) in [5.41, 5.74) is 6.50. The van der Waals surface area contributed by atoms with Gasteiger partial charge in [-0.15, -0.1) is 0 Å². The average molecular weight is 253 g/mol. The second-order valence-corrected chi connectivity index (χ2v) is 4.17. The van der Waals surface area contributed by atoms with E-state index in [0.29, 0.717) is 11.2 Å². The van der Waals surface area contributed by atoms with Crippen LogP contribution < -0.4 is 5.73 Å². The van der Waals surface area contributed by atoms with Crippen molar-refractivity contribution in [2.75, 3.05) is 12.3 Å². The van der Waals surface area contributed by atoms with Crippen molar-refractivity contribution in [2.45, 2.75) is 24.9 Å². The molecule has 8 heteroatoms. The van der Waals surface area contributed by atoms with Crippen molar-refractivity contribution in [2.24, 2.45) is 0 Å². The van der Waals surface area contributed by atoms with Gasteiger partial charge in [0.05, 0.1) is 19.0 Å². The topological polar surface area (TPSA) is 99.1 Å². The normalized spacial score (nSPS) is 28.0. The van der Waals surface area contributed by atoms with E-state index in [-0.39, 0.29) is 18.8 Å². The molecule has 2 aromatic rings. The third-order valence-corrected chi connectivity index (χ3v) is 2.99. The van der Waals surface area contributed by atoms with E-state index in [1.165, 1.54) is 17.2 Å². The Morgan fingerprint density at radius 1 is 1.50 bits per heavy atom. The SMILES string of the molecule is Nc1ncnc2c1ncn2C1O[C@@H](CO)C[C@H]1F. The molecular weight excluding hydrogens is 241 g/mol. The summed E-state index contributed by atoms with van der Waals surface area (Å²) in [6, 6.07) is 0. The zero-order valence-corrected chi connectivity index (χ0v) is 9.40. The van der Waals surface area contributed by atoms with Gasteiger partial charge in [0, 0.05) is 6.42 Å². The molecule has 0 amide bonds. The molecule has 1 fully saturated rings. The third-order valence-electron chi connectivity index (χ3n) is 2.99. The average Bonchev–Trinajstić information content (AvgIpc) is 2.93. The van der Waals surface area contributed by atoms with Crippen molar-refractivity contribution in [1.29, 1.82) is 0 Å². The lowest BCUT2D eigenvalue weighted by Crippen LogP contribution is -2.16. The van der Waals surface area contributed by atoms with Crippen LogP contribution in [0.15, 0.2) is 12.7 Å². The Morgan fingerprint density at radius 3 is 3.06 bits per heavy atom.